The van der Waals surface area contributed by atoms with Crippen molar-refractivity contribution in [3.05, 3.63) is 41.9 Å². The summed E-state index contributed by atoms with van der Waals surface area (Å²) < 4.78 is 25.9. The molecule has 0 spiro atoms. The first-order chi connectivity index (χ1) is 16.0. The van der Waals surface area contributed by atoms with Gasteiger partial charge in [-0.3, -0.25) is 9.69 Å². The van der Waals surface area contributed by atoms with Crippen LogP contribution in [0.1, 0.15) is 19.1 Å². The predicted molar refractivity (Wildman–Crippen MR) is 122 cm³/mol. The Morgan fingerprint density at radius 3 is 2.64 bits per heavy atom. The molecular weight excluding hydrogens is 447 g/mol. The van der Waals surface area contributed by atoms with Crippen LogP contribution in [-0.2, 0) is 16.1 Å². The molecule has 4 rings (SSSR count). The maximum atomic E-state index is 13.5. The van der Waals surface area contributed by atoms with Gasteiger partial charge in [0.2, 0.25) is 5.91 Å². The lowest BCUT2D eigenvalue weighted by molar-refractivity contribution is -0.115. The Hall–Kier alpha value is -2.76. The lowest BCUT2D eigenvalue weighted by Gasteiger charge is -2.27. The van der Waals surface area contributed by atoms with E-state index in [4.69, 9.17) is 9.26 Å². The molecule has 1 fully saturated rings. The average Bonchev–Trinajstić information content (AvgIpc) is 3.42. The van der Waals surface area contributed by atoms with Crippen molar-refractivity contribution in [1.29, 1.82) is 0 Å². The van der Waals surface area contributed by atoms with Gasteiger partial charge in [0.15, 0.2) is 16.8 Å². The number of hydrogen-bond donors (Lipinski definition) is 1. The molecule has 0 saturated carbocycles. The summed E-state index contributed by atoms with van der Waals surface area (Å²) >= 11 is 1.36. The summed E-state index contributed by atoms with van der Waals surface area (Å²) in [6.45, 7) is 8.32. The van der Waals surface area contributed by atoms with Gasteiger partial charge in [-0.05, 0) is 37.6 Å². The smallest absolute Gasteiger partial charge is 0.239 e. The average molecular weight is 475 g/mol. The number of nitrogens with one attached hydrogen (secondary N) is 1. The Balaban J connectivity index is 1.54. The number of benzene rings is 1. The monoisotopic (exact) mass is 474 g/mol. The van der Waals surface area contributed by atoms with Gasteiger partial charge >= 0.3 is 0 Å². The van der Waals surface area contributed by atoms with Crippen LogP contribution in [-0.4, -0.2) is 68.8 Å². The Kier molecular flexibility index (Phi) is 7.73. The van der Waals surface area contributed by atoms with Crippen molar-refractivity contribution >= 4 is 23.5 Å². The number of rotatable bonds is 9. The highest BCUT2D eigenvalue weighted by molar-refractivity contribution is 8.00. The van der Waals surface area contributed by atoms with Crippen LogP contribution in [0.15, 0.2) is 40.0 Å². The molecule has 33 heavy (non-hydrogen) atoms. The van der Waals surface area contributed by atoms with E-state index in [2.05, 4.69) is 25.6 Å². The topological polar surface area (TPSA) is 98.3 Å². The maximum absolute atomic E-state index is 13.5. The molecule has 1 amide bonds. The van der Waals surface area contributed by atoms with Gasteiger partial charge < -0.3 is 19.1 Å². The second-order valence-electron chi connectivity index (χ2n) is 7.75. The zero-order chi connectivity index (χ0) is 23.2. The largest absolute Gasteiger partial charge is 0.379 e. The highest BCUT2D eigenvalue weighted by Gasteiger charge is 2.24. The van der Waals surface area contributed by atoms with E-state index in [9.17, 15) is 9.18 Å². The predicted octanol–water partition coefficient (Wildman–Crippen LogP) is 3.22. The standard InChI is InChI=1S/C22H27FN6O3S/c1-3-18(21(30)24-19-14-15(2)32-27-19)33-22-26-25-20(16-4-6-17(23)7-5-16)29(22)9-8-28-10-12-31-13-11-28/h4-7,14,18H,3,8-13H2,1-2H3,(H,24,27,30). The summed E-state index contributed by atoms with van der Waals surface area (Å²) in [5, 5.41) is 15.6. The summed E-state index contributed by atoms with van der Waals surface area (Å²) in [7, 11) is 0. The van der Waals surface area contributed by atoms with E-state index in [1.165, 1.54) is 23.9 Å². The number of halogens is 1. The van der Waals surface area contributed by atoms with Gasteiger partial charge in [0, 0.05) is 37.8 Å². The van der Waals surface area contributed by atoms with E-state index < -0.39 is 5.25 Å². The first kappa shape index (κ1) is 23.4. The highest BCUT2D eigenvalue weighted by Crippen LogP contribution is 2.29. The molecule has 9 nitrogen and oxygen atoms in total. The normalized spacial score (nSPS) is 15.5. The molecule has 1 aliphatic heterocycles. The van der Waals surface area contributed by atoms with Crippen LogP contribution in [0.2, 0.25) is 0 Å². The van der Waals surface area contributed by atoms with E-state index in [-0.39, 0.29) is 11.7 Å². The fraction of sp³-hybridized carbons (Fsp3) is 0.455. The number of carbonyl (C=O) groups excluding carboxylic acids is 1. The molecular formula is C22H27FN6O3S. The second kappa shape index (κ2) is 10.9. The molecule has 1 unspecified atom stereocenters. The molecule has 2 aromatic heterocycles. The third kappa shape index (κ3) is 5.98. The molecule has 3 heterocycles. The van der Waals surface area contributed by atoms with E-state index in [0.29, 0.717) is 48.7 Å². The van der Waals surface area contributed by atoms with Crippen LogP contribution in [0.4, 0.5) is 10.2 Å². The van der Waals surface area contributed by atoms with E-state index >= 15 is 0 Å². The second-order valence-corrected chi connectivity index (χ2v) is 8.92. The van der Waals surface area contributed by atoms with Crippen molar-refractivity contribution < 1.29 is 18.4 Å². The molecule has 1 N–H and O–H groups in total. The minimum atomic E-state index is -0.394. The first-order valence-corrected chi connectivity index (χ1v) is 11.8. The van der Waals surface area contributed by atoms with Crippen molar-refractivity contribution in [2.24, 2.45) is 0 Å². The fourth-order valence-electron chi connectivity index (χ4n) is 3.54. The summed E-state index contributed by atoms with van der Waals surface area (Å²) in [6.07, 6.45) is 0.593. The minimum Gasteiger partial charge on any atom is -0.379 e. The van der Waals surface area contributed by atoms with E-state index in [0.717, 1.165) is 25.2 Å². The Morgan fingerprint density at radius 1 is 1.21 bits per heavy atom. The maximum Gasteiger partial charge on any atom is 0.239 e. The number of thioether (sulfide) groups is 1. The molecule has 0 radical (unpaired) electrons. The molecule has 0 aliphatic carbocycles. The molecule has 1 aromatic carbocycles. The summed E-state index contributed by atoms with van der Waals surface area (Å²) in [5.74, 6) is 1.17. The number of aryl methyl sites for hydroxylation is 1. The van der Waals surface area contributed by atoms with Crippen LogP contribution < -0.4 is 5.32 Å². The number of aromatic nitrogens is 4. The summed E-state index contributed by atoms with van der Waals surface area (Å²) in [6, 6.07) is 7.87. The van der Waals surface area contributed by atoms with Gasteiger partial charge in [0.1, 0.15) is 11.6 Å². The number of anilines is 1. The highest BCUT2D eigenvalue weighted by atomic mass is 32.2. The third-order valence-electron chi connectivity index (χ3n) is 5.35. The van der Waals surface area contributed by atoms with Gasteiger partial charge in [0.05, 0.1) is 18.5 Å². The number of hydrogen-bond acceptors (Lipinski definition) is 8. The Morgan fingerprint density at radius 2 is 1.97 bits per heavy atom. The SMILES string of the molecule is CCC(Sc1nnc(-c2ccc(F)cc2)n1CCN1CCOCC1)C(=O)Nc1cc(C)on1. The van der Waals surface area contributed by atoms with Crippen molar-refractivity contribution in [2.45, 2.75) is 37.2 Å². The zero-order valence-corrected chi connectivity index (χ0v) is 19.5. The zero-order valence-electron chi connectivity index (χ0n) is 18.7. The number of morpholine rings is 1. The van der Waals surface area contributed by atoms with Gasteiger partial charge in [0.25, 0.3) is 0 Å². The van der Waals surface area contributed by atoms with E-state index in [1.807, 2.05) is 11.5 Å². The molecule has 1 atom stereocenters. The Labute approximate surface area is 195 Å². The molecule has 11 heteroatoms. The van der Waals surface area contributed by atoms with Gasteiger partial charge in [-0.25, -0.2) is 4.39 Å². The quantitative estimate of drug-likeness (QED) is 0.472. The number of amides is 1. The summed E-state index contributed by atoms with van der Waals surface area (Å²) in [5.41, 5.74) is 0.772. The van der Waals surface area contributed by atoms with E-state index in [1.54, 1.807) is 25.1 Å². The van der Waals surface area contributed by atoms with Gasteiger partial charge in [-0.1, -0.05) is 23.8 Å². The number of ether oxygens (including phenoxy) is 1. The van der Waals surface area contributed by atoms with Crippen LogP contribution in [0, 0.1) is 12.7 Å². The molecule has 3 aromatic rings. The van der Waals surface area contributed by atoms with Gasteiger partial charge in [-0.2, -0.15) is 0 Å². The number of carbonyl (C=O) groups is 1. The van der Waals surface area contributed by atoms with Crippen LogP contribution in [0.3, 0.4) is 0 Å². The van der Waals surface area contributed by atoms with Crippen LogP contribution in [0.25, 0.3) is 11.4 Å². The molecule has 1 saturated heterocycles. The van der Waals surface area contributed by atoms with Crippen molar-refractivity contribution in [3.63, 3.8) is 0 Å². The Bertz CT molecular complexity index is 1060. The lowest BCUT2D eigenvalue weighted by Crippen LogP contribution is -2.38. The fourth-order valence-corrected chi connectivity index (χ4v) is 4.52. The molecule has 0 bridgehead atoms. The minimum absolute atomic E-state index is 0.179. The summed E-state index contributed by atoms with van der Waals surface area (Å²) in [4.78, 5) is 15.2. The molecule has 1 aliphatic rings. The lowest BCUT2D eigenvalue weighted by atomic mass is 10.2. The van der Waals surface area contributed by atoms with Crippen LogP contribution >= 0.6 is 11.8 Å². The van der Waals surface area contributed by atoms with Crippen molar-refractivity contribution in [3.8, 4) is 11.4 Å². The number of nitrogens with zero attached hydrogens (tertiary/aromatic N) is 5. The van der Waals surface area contributed by atoms with Gasteiger partial charge in [-0.15, -0.1) is 10.2 Å². The van der Waals surface area contributed by atoms with Crippen LogP contribution in [0.5, 0.6) is 0 Å². The van der Waals surface area contributed by atoms with Crippen molar-refractivity contribution in [1.82, 2.24) is 24.8 Å². The third-order valence-corrected chi connectivity index (χ3v) is 6.70. The van der Waals surface area contributed by atoms with Crippen molar-refractivity contribution in [2.75, 3.05) is 38.2 Å². The first-order valence-electron chi connectivity index (χ1n) is 10.9. The molecule has 176 valence electrons.